The monoisotopic (exact) mass is 683 g/mol. The summed E-state index contributed by atoms with van der Waals surface area (Å²) in [6.45, 7) is 3.84. The molecule has 49 heavy (non-hydrogen) atoms. The van der Waals surface area contributed by atoms with Crippen LogP contribution in [0.15, 0.2) is 30.3 Å². The molecule has 0 aliphatic carbocycles. The van der Waals surface area contributed by atoms with E-state index in [0.717, 1.165) is 5.56 Å². The molecule has 0 bridgehead atoms. The van der Waals surface area contributed by atoms with Gasteiger partial charge in [0, 0.05) is 32.5 Å². The molecule has 6 N–H and O–H groups in total. The molecule has 3 heterocycles. The van der Waals surface area contributed by atoms with E-state index in [1.54, 1.807) is 19.1 Å². The number of hydrogen-bond acceptors (Lipinski definition) is 8. The van der Waals surface area contributed by atoms with Crippen molar-refractivity contribution in [2.75, 3.05) is 26.2 Å². The Kier molecular flexibility index (Phi) is 13.5. The van der Waals surface area contributed by atoms with E-state index >= 15 is 0 Å². The Morgan fingerprint density at radius 1 is 0.878 bits per heavy atom. The summed E-state index contributed by atoms with van der Waals surface area (Å²) in [5.41, 5.74) is 0.764. The van der Waals surface area contributed by atoms with Gasteiger partial charge in [0.15, 0.2) is 0 Å². The molecule has 1 aromatic carbocycles. The lowest BCUT2D eigenvalue weighted by Gasteiger charge is -2.30. The highest BCUT2D eigenvalue weighted by Crippen LogP contribution is 2.20. The predicted octanol–water partition coefficient (Wildman–Crippen LogP) is -1.13. The summed E-state index contributed by atoms with van der Waals surface area (Å²) in [7, 11) is 0. The van der Waals surface area contributed by atoms with Crippen LogP contribution < -0.4 is 26.6 Å². The molecule has 3 aliphatic heterocycles. The summed E-state index contributed by atoms with van der Waals surface area (Å²) in [6, 6.07) is 3.60. The second kappa shape index (κ2) is 17.7. The molecular weight excluding hydrogens is 634 g/mol. The predicted molar refractivity (Wildman–Crippen MR) is 177 cm³/mol. The van der Waals surface area contributed by atoms with E-state index in [-0.39, 0.29) is 44.2 Å². The molecule has 15 nitrogen and oxygen atoms in total. The summed E-state index contributed by atoms with van der Waals surface area (Å²) in [4.78, 5) is 95.6. The minimum absolute atomic E-state index is 0.114. The fraction of sp³-hybridized carbons (Fsp3) is 0.618. The first-order valence-corrected chi connectivity index (χ1v) is 17.3. The number of aliphatic hydroxyl groups excluding tert-OH is 1. The Labute approximate surface area is 286 Å². The standard InChI is InChI=1S/C34H49N7O8/c1-3-23-30(45)39-29(21(2)42)33(48)38-25(19-22-11-5-4-6-12-22)34(49)41-18-9-14-26(41)32(47)35-16-8-7-13-24(31(46)37-23)36-27(43)20-40-17-10-15-28(40)44/h4-6,11-12,21,23-26,29,42H,3,7-10,13-20H2,1-2H3,(H,35,47)(H,36,43)(H,37,46)(H,38,48)(H,39,45)/t21-,23+,24+,25-,26+,29+/m1/s1. The van der Waals surface area contributed by atoms with Crippen molar-refractivity contribution in [1.29, 1.82) is 0 Å². The number of nitrogens with one attached hydrogen (secondary N) is 5. The van der Waals surface area contributed by atoms with Crippen LogP contribution in [0, 0.1) is 0 Å². The van der Waals surface area contributed by atoms with Crippen LogP contribution in [0.5, 0.6) is 0 Å². The number of fused-ring (bicyclic) bond motifs is 1. The number of carbonyl (C=O) groups is 7. The van der Waals surface area contributed by atoms with Gasteiger partial charge in [-0.05, 0) is 57.4 Å². The van der Waals surface area contributed by atoms with Gasteiger partial charge in [0.25, 0.3) is 0 Å². The van der Waals surface area contributed by atoms with Crippen LogP contribution in [-0.2, 0) is 40.0 Å². The normalized spacial score (nSPS) is 27.1. The van der Waals surface area contributed by atoms with Crippen LogP contribution in [0.1, 0.15) is 70.8 Å². The molecule has 4 rings (SSSR count). The van der Waals surface area contributed by atoms with E-state index < -0.39 is 65.8 Å². The molecule has 0 radical (unpaired) electrons. The van der Waals surface area contributed by atoms with Crippen LogP contribution >= 0.6 is 0 Å². The van der Waals surface area contributed by atoms with Gasteiger partial charge in [0.1, 0.15) is 30.2 Å². The molecule has 268 valence electrons. The zero-order valence-corrected chi connectivity index (χ0v) is 28.2. The zero-order chi connectivity index (χ0) is 35.5. The Hall–Kier alpha value is -4.53. The van der Waals surface area contributed by atoms with Crippen molar-refractivity contribution in [3.05, 3.63) is 35.9 Å². The van der Waals surface area contributed by atoms with Crippen molar-refractivity contribution in [2.45, 2.75) is 108 Å². The van der Waals surface area contributed by atoms with Gasteiger partial charge in [-0.15, -0.1) is 0 Å². The molecule has 7 amide bonds. The maximum absolute atomic E-state index is 14.0. The van der Waals surface area contributed by atoms with Crippen molar-refractivity contribution in [3.8, 4) is 0 Å². The molecule has 0 saturated carbocycles. The van der Waals surface area contributed by atoms with E-state index in [1.165, 1.54) is 16.7 Å². The van der Waals surface area contributed by atoms with E-state index in [2.05, 4.69) is 26.6 Å². The van der Waals surface area contributed by atoms with Crippen molar-refractivity contribution < 1.29 is 38.7 Å². The smallest absolute Gasteiger partial charge is 0.246 e. The first-order valence-electron chi connectivity index (χ1n) is 17.3. The summed E-state index contributed by atoms with van der Waals surface area (Å²) in [6.07, 6.45) is 2.02. The van der Waals surface area contributed by atoms with E-state index in [9.17, 15) is 38.7 Å². The molecular formula is C34H49N7O8. The van der Waals surface area contributed by atoms with Gasteiger partial charge in [-0.3, -0.25) is 33.6 Å². The number of nitrogens with zero attached hydrogens (tertiary/aromatic N) is 2. The molecule has 6 atom stereocenters. The molecule has 15 heteroatoms. The van der Waals surface area contributed by atoms with Gasteiger partial charge in [0.05, 0.1) is 12.6 Å². The van der Waals surface area contributed by atoms with Gasteiger partial charge in [-0.1, -0.05) is 37.3 Å². The second-order valence-corrected chi connectivity index (χ2v) is 13.0. The minimum atomic E-state index is -1.47. The van der Waals surface area contributed by atoms with Gasteiger partial charge in [-0.2, -0.15) is 0 Å². The Morgan fingerprint density at radius 2 is 1.61 bits per heavy atom. The Bertz CT molecular complexity index is 1370. The average Bonchev–Trinajstić information content (AvgIpc) is 3.73. The number of hydrogen-bond donors (Lipinski definition) is 6. The van der Waals surface area contributed by atoms with Gasteiger partial charge >= 0.3 is 0 Å². The highest BCUT2D eigenvalue weighted by atomic mass is 16.3. The number of likely N-dealkylation sites (tertiary alicyclic amines) is 1. The van der Waals surface area contributed by atoms with Crippen molar-refractivity contribution in [2.24, 2.45) is 0 Å². The van der Waals surface area contributed by atoms with E-state index in [1.807, 2.05) is 18.2 Å². The van der Waals surface area contributed by atoms with Crippen LogP contribution in [0.25, 0.3) is 0 Å². The highest BCUT2D eigenvalue weighted by Gasteiger charge is 2.39. The van der Waals surface area contributed by atoms with E-state index in [4.69, 9.17) is 0 Å². The topological polar surface area (TPSA) is 206 Å². The Morgan fingerprint density at radius 3 is 2.29 bits per heavy atom. The molecule has 0 aromatic heterocycles. The molecule has 3 saturated heterocycles. The largest absolute Gasteiger partial charge is 0.391 e. The van der Waals surface area contributed by atoms with Gasteiger partial charge in [-0.25, -0.2) is 0 Å². The van der Waals surface area contributed by atoms with Crippen LogP contribution in [0.4, 0.5) is 0 Å². The average molecular weight is 684 g/mol. The van der Waals surface area contributed by atoms with Gasteiger partial charge < -0.3 is 41.5 Å². The second-order valence-electron chi connectivity index (χ2n) is 13.0. The maximum Gasteiger partial charge on any atom is 0.246 e. The summed E-state index contributed by atoms with van der Waals surface area (Å²) >= 11 is 0. The number of carbonyl (C=O) groups excluding carboxylic acids is 7. The lowest BCUT2D eigenvalue weighted by Crippen LogP contribution is -2.61. The molecule has 0 unspecified atom stereocenters. The van der Waals surface area contributed by atoms with Crippen LogP contribution in [0.3, 0.4) is 0 Å². The number of benzene rings is 1. The zero-order valence-electron chi connectivity index (χ0n) is 28.2. The maximum atomic E-state index is 14.0. The van der Waals surface area contributed by atoms with Gasteiger partial charge in [0.2, 0.25) is 41.4 Å². The van der Waals surface area contributed by atoms with Crippen LogP contribution in [0.2, 0.25) is 0 Å². The van der Waals surface area contributed by atoms with Crippen molar-refractivity contribution in [1.82, 2.24) is 36.4 Å². The Balaban J connectivity index is 1.57. The van der Waals surface area contributed by atoms with Crippen LogP contribution in [-0.4, -0.2) is 119 Å². The number of aliphatic hydroxyl groups is 1. The first kappa shape index (κ1) is 37.3. The highest BCUT2D eigenvalue weighted by molar-refractivity contribution is 5.97. The van der Waals surface area contributed by atoms with Crippen molar-refractivity contribution in [3.63, 3.8) is 0 Å². The quantitative estimate of drug-likeness (QED) is 0.207. The first-order chi connectivity index (χ1) is 23.5. The summed E-state index contributed by atoms with van der Waals surface area (Å²) in [5.74, 6) is -3.59. The third-order valence-electron chi connectivity index (χ3n) is 9.22. The fourth-order valence-electron chi connectivity index (χ4n) is 6.46. The summed E-state index contributed by atoms with van der Waals surface area (Å²) < 4.78 is 0. The lowest BCUT2D eigenvalue weighted by atomic mass is 10.0. The molecule has 0 spiro atoms. The lowest BCUT2D eigenvalue weighted by molar-refractivity contribution is -0.142. The number of rotatable bonds is 7. The summed E-state index contributed by atoms with van der Waals surface area (Å²) in [5, 5.41) is 24.1. The third-order valence-corrected chi connectivity index (χ3v) is 9.22. The third kappa shape index (κ3) is 10.2. The molecule has 1 aromatic rings. The fourth-order valence-corrected chi connectivity index (χ4v) is 6.46. The molecule has 3 fully saturated rings. The van der Waals surface area contributed by atoms with E-state index in [0.29, 0.717) is 51.6 Å². The SMILES string of the molecule is CC[C@@H]1NC(=O)[C@@H](NC(=O)CN2CCCC2=O)CCCCNC(=O)[C@@H]2CCCN2C(=O)[C@@H](Cc2ccccc2)NC(=O)[C@H]([C@@H](C)O)NC1=O. The molecule has 3 aliphatic rings. The minimum Gasteiger partial charge on any atom is -0.391 e. The number of amides is 7. The van der Waals surface area contributed by atoms with Crippen molar-refractivity contribution >= 4 is 41.4 Å².